The fraction of sp³-hybridized carbons (Fsp3) is 0.500. The molecule has 0 bridgehead atoms. The molecule has 4 nitrogen and oxygen atoms in total. The van der Waals surface area contributed by atoms with Gasteiger partial charge in [0.2, 0.25) is 0 Å². The Morgan fingerprint density at radius 1 is 1.56 bits per heavy atom. The Morgan fingerprint density at radius 3 is 2.89 bits per heavy atom. The molecule has 0 amide bonds. The molecule has 0 aliphatic carbocycles. The van der Waals surface area contributed by atoms with Crippen LogP contribution in [0.3, 0.4) is 0 Å². The summed E-state index contributed by atoms with van der Waals surface area (Å²) in [5.41, 5.74) is 2.32. The lowest BCUT2D eigenvalue weighted by Gasteiger charge is -2.17. The number of halogens is 1. The predicted molar refractivity (Wildman–Crippen MR) is 78.0 cm³/mol. The number of aromatic nitrogens is 3. The van der Waals surface area contributed by atoms with E-state index in [1.165, 1.54) is 5.69 Å². The third-order valence-corrected chi connectivity index (χ3v) is 4.32. The van der Waals surface area contributed by atoms with E-state index in [1.54, 1.807) is 11.3 Å². The first-order chi connectivity index (χ1) is 8.65. The number of nitrogens with one attached hydrogen (secondary N) is 1. The molecule has 18 heavy (non-hydrogen) atoms. The van der Waals surface area contributed by atoms with Crippen LogP contribution in [0.4, 0.5) is 0 Å². The lowest BCUT2D eigenvalue weighted by atomic mass is 10.1. The van der Waals surface area contributed by atoms with Crippen molar-refractivity contribution in [2.75, 3.05) is 7.05 Å². The van der Waals surface area contributed by atoms with E-state index in [2.05, 4.69) is 43.6 Å². The minimum atomic E-state index is 0.225. The maximum atomic E-state index is 4.53. The van der Waals surface area contributed by atoms with Crippen molar-refractivity contribution in [3.8, 4) is 0 Å². The van der Waals surface area contributed by atoms with Crippen LogP contribution in [0.1, 0.15) is 29.4 Å². The van der Waals surface area contributed by atoms with E-state index in [-0.39, 0.29) is 6.04 Å². The number of aryl methyl sites for hydroxylation is 2. The van der Waals surface area contributed by atoms with Gasteiger partial charge in [-0.1, -0.05) is 0 Å². The molecule has 2 aromatic rings. The third-order valence-electron chi connectivity index (χ3n) is 2.89. The van der Waals surface area contributed by atoms with E-state index >= 15 is 0 Å². The Balaban J connectivity index is 2.25. The summed E-state index contributed by atoms with van der Waals surface area (Å²) in [6.07, 6.45) is 2.74. The zero-order valence-electron chi connectivity index (χ0n) is 10.8. The second-order valence-corrected chi connectivity index (χ2v) is 6.01. The van der Waals surface area contributed by atoms with Gasteiger partial charge < -0.3 is 5.32 Å². The quantitative estimate of drug-likeness (QED) is 0.917. The summed E-state index contributed by atoms with van der Waals surface area (Å²) in [6.45, 7) is 5.01. The molecule has 98 valence electrons. The largest absolute Gasteiger partial charge is 0.311 e. The minimum Gasteiger partial charge on any atom is -0.311 e. The summed E-state index contributed by atoms with van der Waals surface area (Å²) in [5, 5.41) is 11.0. The summed E-state index contributed by atoms with van der Waals surface area (Å²) in [7, 11) is 1.98. The van der Waals surface area contributed by atoms with E-state index in [0.29, 0.717) is 0 Å². The molecule has 0 radical (unpaired) electrons. The predicted octanol–water partition coefficient (Wildman–Crippen LogP) is 2.93. The summed E-state index contributed by atoms with van der Waals surface area (Å²) in [6, 6.07) is 0.225. The number of thiazole rings is 1. The number of hydrogen-bond donors (Lipinski definition) is 1. The molecule has 0 saturated heterocycles. The monoisotopic (exact) mass is 328 g/mol. The average molecular weight is 329 g/mol. The van der Waals surface area contributed by atoms with Crippen LogP contribution in [0.5, 0.6) is 0 Å². The van der Waals surface area contributed by atoms with Crippen molar-refractivity contribution >= 4 is 27.3 Å². The van der Waals surface area contributed by atoms with Crippen molar-refractivity contribution in [2.45, 2.75) is 32.9 Å². The Morgan fingerprint density at radius 2 is 2.33 bits per heavy atom. The molecule has 2 rings (SSSR count). The highest BCUT2D eigenvalue weighted by Gasteiger charge is 2.19. The van der Waals surface area contributed by atoms with Crippen LogP contribution >= 0.6 is 27.3 Å². The van der Waals surface area contributed by atoms with Crippen molar-refractivity contribution < 1.29 is 0 Å². The van der Waals surface area contributed by atoms with Crippen LogP contribution in [-0.2, 0) is 13.0 Å². The fourth-order valence-electron chi connectivity index (χ4n) is 2.02. The van der Waals surface area contributed by atoms with Gasteiger partial charge in [-0.05, 0) is 36.8 Å². The van der Waals surface area contributed by atoms with E-state index in [4.69, 9.17) is 0 Å². The first-order valence-electron chi connectivity index (χ1n) is 5.95. The van der Waals surface area contributed by atoms with Crippen LogP contribution < -0.4 is 5.32 Å². The first-order valence-corrected chi connectivity index (χ1v) is 7.62. The van der Waals surface area contributed by atoms with Gasteiger partial charge in [-0.15, -0.1) is 11.3 Å². The number of rotatable bonds is 5. The number of likely N-dealkylation sites (N-methyl/N-ethyl adjacent to an activating group) is 1. The van der Waals surface area contributed by atoms with Crippen molar-refractivity contribution in [3.05, 3.63) is 32.4 Å². The van der Waals surface area contributed by atoms with Crippen molar-refractivity contribution in [1.29, 1.82) is 0 Å². The van der Waals surface area contributed by atoms with E-state index in [0.717, 1.165) is 28.1 Å². The first kappa shape index (κ1) is 13.7. The van der Waals surface area contributed by atoms with Crippen LogP contribution in [0.2, 0.25) is 0 Å². The Kier molecular flexibility index (Phi) is 4.53. The van der Waals surface area contributed by atoms with Gasteiger partial charge in [0.1, 0.15) is 0 Å². The Bertz CT molecular complexity index is 520. The van der Waals surface area contributed by atoms with Gasteiger partial charge in [0.25, 0.3) is 0 Å². The van der Waals surface area contributed by atoms with E-state index in [9.17, 15) is 0 Å². The standard InChI is InChI=1S/C12H17BrN4S/c1-4-17-12(10(13)6-15-17)11(14-3)5-9-7-18-8(2)16-9/h6-7,11,14H,4-5H2,1-3H3. The molecule has 1 N–H and O–H groups in total. The smallest absolute Gasteiger partial charge is 0.0897 e. The summed E-state index contributed by atoms with van der Waals surface area (Å²) < 4.78 is 3.07. The van der Waals surface area contributed by atoms with Crippen LogP contribution in [-0.4, -0.2) is 21.8 Å². The highest BCUT2D eigenvalue weighted by Crippen LogP contribution is 2.26. The van der Waals surface area contributed by atoms with Crippen LogP contribution in [0.25, 0.3) is 0 Å². The zero-order valence-corrected chi connectivity index (χ0v) is 13.2. The van der Waals surface area contributed by atoms with E-state index in [1.807, 2.05) is 24.9 Å². The van der Waals surface area contributed by atoms with Crippen molar-refractivity contribution in [2.24, 2.45) is 0 Å². The van der Waals surface area contributed by atoms with Crippen LogP contribution in [0, 0.1) is 6.92 Å². The average Bonchev–Trinajstić information content (AvgIpc) is 2.92. The summed E-state index contributed by atoms with van der Waals surface area (Å²) in [4.78, 5) is 4.53. The number of hydrogen-bond acceptors (Lipinski definition) is 4. The SMILES string of the molecule is CCn1ncc(Br)c1C(Cc1csc(C)n1)NC. The molecule has 0 saturated carbocycles. The van der Waals surface area contributed by atoms with Gasteiger partial charge in [-0.3, -0.25) is 4.68 Å². The Hall–Kier alpha value is -0.720. The highest BCUT2D eigenvalue weighted by molar-refractivity contribution is 9.10. The normalized spacial score (nSPS) is 12.9. The van der Waals surface area contributed by atoms with Gasteiger partial charge in [-0.2, -0.15) is 5.10 Å². The van der Waals surface area contributed by atoms with Gasteiger partial charge in [0.15, 0.2) is 0 Å². The molecule has 0 spiro atoms. The molecule has 6 heteroatoms. The fourth-order valence-corrected chi connectivity index (χ4v) is 3.21. The van der Waals surface area contributed by atoms with Gasteiger partial charge in [-0.25, -0.2) is 4.98 Å². The topological polar surface area (TPSA) is 42.7 Å². The maximum Gasteiger partial charge on any atom is 0.0897 e. The molecule has 0 fully saturated rings. The maximum absolute atomic E-state index is 4.53. The van der Waals surface area contributed by atoms with Gasteiger partial charge in [0, 0.05) is 18.3 Å². The molecular formula is C12H17BrN4S. The summed E-state index contributed by atoms with van der Waals surface area (Å²) in [5.74, 6) is 0. The summed E-state index contributed by atoms with van der Waals surface area (Å²) >= 11 is 5.27. The molecule has 0 aliphatic heterocycles. The minimum absolute atomic E-state index is 0.225. The lowest BCUT2D eigenvalue weighted by Crippen LogP contribution is -2.23. The Labute approximate surface area is 120 Å². The highest BCUT2D eigenvalue weighted by atomic mass is 79.9. The molecular weight excluding hydrogens is 312 g/mol. The molecule has 1 unspecified atom stereocenters. The molecule has 0 aliphatic rings. The van der Waals surface area contributed by atoms with Crippen LogP contribution in [0.15, 0.2) is 16.0 Å². The lowest BCUT2D eigenvalue weighted by molar-refractivity contribution is 0.508. The molecule has 0 aromatic carbocycles. The molecule has 2 aromatic heterocycles. The number of nitrogens with zero attached hydrogens (tertiary/aromatic N) is 3. The van der Waals surface area contributed by atoms with Gasteiger partial charge >= 0.3 is 0 Å². The third kappa shape index (κ3) is 2.81. The van der Waals surface area contributed by atoms with E-state index < -0.39 is 0 Å². The van der Waals surface area contributed by atoms with Gasteiger partial charge in [0.05, 0.1) is 33.1 Å². The zero-order chi connectivity index (χ0) is 13.1. The second kappa shape index (κ2) is 5.95. The second-order valence-electron chi connectivity index (χ2n) is 4.10. The van der Waals surface area contributed by atoms with Crippen molar-refractivity contribution in [3.63, 3.8) is 0 Å². The van der Waals surface area contributed by atoms with Crippen molar-refractivity contribution in [1.82, 2.24) is 20.1 Å². The molecule has 2 heterocycles. The molecule has 1 atom stereocenters.